The molecule has 1 aromatic rings. The van der Waals surface area contributed by atoms with Crippen molar-refractivity contribution in [1.29, 1.82) is 0 Å². The van der Waals surface area contributed by atoms with E-state index in [1.165, 1.54) is 12.8 Å². The van der Waals surface area contributed by atoms with Crippen molar-refractivity contribution in [3.8, 4) is 0 Å². The number of carbonyl (C=O) groups excluding carboxylic acids is 1. The zero-order chi connectivity index (χ0) is 16.7. The fourth-order valence-electron chi connectivity index (χ4n) is 4.52. The number of hydrogen-bond donors (Lipinski definition) is 1. The van der Waals surface area contributed by atoms with Crippen molar-refractivity contribution >= 4 is 5.91 Å². The minimum absolute atomic E-state index is 0.123. The fourth-order valence-corrected chi connectivity index (χ4v) is 4.52. The first-order chi connectivity index (χ1) is 11.6. The lowest BCUT2D eigenvalue weighted by molar-refractivity contribution is -0.135. The van der Waals surface area contributed by atoms with Gasteiger partial charge in [0.05, 0.1) is 12.1 Å². The number of fused-ring (bicyclic) bond motifs is 1. The summed E-state index contributed by atoms with van der Waals surface area (Å²) in [6, 6.07) is 0.123. The molecule has 132 valence electrons. The van der Waals surface area contributed by atoms with E-state index in [4.69, 9.17) is 0 Å². The highest BCUT2D eigenvalue weighted by Gasteiger charge is 2.35. The molecule has 1 aliphatic carbocycles. The van der Waals surface area contributed by atoms with E-state index in [9.17, 15) is 9.90 Å². The summed E-state index contributed by atoms with van der Waals surface area (Å²) in [7, 11) is 2.02. The largest absolute Gasteiger partial charge is 0.392 e. The molecule has 3 heterocycles. The second kappa shape index (κ2) is 6.44. The van der Waals surface area contributed by atoms with Crippen LogP contribution in [-0.4, -0.2) is 68.4 Å². The SMILES string of the molecule is CN1C[C@H](O)C[C@H]1c1nnc2n1CCN(C(=O)C1CCCC1)CC2. The van der Waals surface area contributed by atoms with Crippen LogP contribution in [0.5, 0.6) is 0 Å². The molecule has 7 nitrogen and oxygen atoms in total. The summed E-state index contributed by atoms with van der Waals surface area (Å²) in [6.07, 6.45) is 5.67. The minimum atomic E-state index is -0.292. The molecule has 0 radical (unpaired) electrons. The van der Waals surface area contributed by atoms with Crippen LogP contribution in [0.3, 0.4) is 0 Å². The van der Waals surface area contributed by atoms with E-state index >= 15 is 0 Å². The van der Waals surface area contributed by atoms with E-state index in [0.717, 1.165) is 50.5 Å². The van der Waals surface area contributed by atoms with Gasteiger partial charge in [-0.15, -0.1) is 10.2 Å². The Kier molecular flexibility index (Phi) is 4.30. The molecule has 0 unspecified atom stereocenters. The van der Waals surface area contributed by atoms with Crippen LogP contribution in [-0.2, 0) is 17.8 Å². The van der Waals surface area contributed by atoms with Crippen molar-refractivity contribution < 1.29 is 9.90 Å². The highest BCUT2D eigenvalue weighted by Crippen LogP contribution is 2.31. The highest BCUT2D eigenvalue weighted by atomic mass is 16.3. The van der Waals surface area contributed by atoms with E-state index < -0.39 is 0 Å². The van der Waals surface area contributed by atoms with Crippen LogP contribution in [0.4, 0.5) is 0 Å². The molecule has 4 rings (SSSR count). The molecule has 0 bridgehead atoms. The van der Waals surface area contributed by atoms with Gasteiger partial charge in [-0.3, -0.25) is 9.69 Å². The highest BCUT2D eigenvalue weighted by molar-refractivity contribution is 5.79. The van der Waals surface area contributed by atoms with Crippen LogP contribution >= 0.6 is 0 Å². The lowest BCUT2D eigenvalue weighted by Crippen LogP contribution is -2.37. The number of aromatic nitrogens is 3. The average Bonchev–Trinajstić information content (AvgIpc) is 3.25. The Morgan fingerprint density at radius 2 is 1.96 bits per heavy atom. The van der Waals surface area contributed by atoms with E-state index in [1.807, 2.05) is 11.9 Å². The molecule has 24 heavy (non-hydrogen) atoms. The first kappa shape index (κ1) is 16.0. The van der Waals surface area contributed by atoms with Crippen molar-refractivity contribution in [1.82, 2.24) is 24.6 Å². The van der Waals surface area contributed by atoms with E-state index in [1.54, 1.807) is 0 Å². The molecule has 7 heteroatoms. The number of likely N-dealkylation sites (tertiary alicyclic amines) is 1. The van der Waals surface area contributed by atoms with Crippen molar-refractivity contribution in [2.24, 2.45) is 5.92 Å². The van der Waals surface area contributed by atoms with Gasteiger partial charge in [-0.1, -0.05) is 12.8 Å². The monoisotopic (exact) mass is 333 g/mol. The number of β-amino-alcohol motifs (C(OH)–C–C–N with tert-alkyl or cyclic N) is 1. The number of likely N-dealkylation sites (N-methyl/N-ethyl adjacent to an activating group) is 1. The summed E-state index contributed by atoms with van der Waals surface area (Å²) < 4.78 is 2.18. The van der Waals surface area contributed by atoms with Gasteiger partial charge in [0.25, 0.3) is 0 Å². The molecule has 2 fully saturated rings. The fraction of sp³-hybridized carbons (Fsp3) is 0.824. The van der Waals surface area contributed by atoms with Gasteiger partial charge < -0.3 is 14.6 Å². The quantitative estimate of drug-likeness (QED) is 0.857. The summed E-state index contributed by atoms with van der Waals surface area (Å²) >= 11 is 0. The third-order valence-electron chi connectivity index (χ3n) is 5.90. The van der Waals surface area contributed by atoms with Gasteiger partial charge in [-0.25, -0.2) is 0 Å². The van der Waals surface area contributed by atoms with Gasteiger partial charge in [0.2, 0.25) is 5.91 Å². The van der Waals surface area contributed by atoms with E-state index in [-0.39, 0.29) is 18.1 Å². The molecular formula is C17H27N5O2. The van der Waals surface area contributed by atoms with Gasteiger partial charge in [-0.05, 0) is 26.3 Å². The zero-order valence-electron chi connectivity index (χ0n) is 14.4. The number of hydrogen-bond acceptors (Lipinski definition) is 5. The maximum absolute atomic E-state index is 12.7. The Bertz CT molecular complexity index is 610. The summed E-state index contributed by atoms with van der Waals surface area (Å²) in [5.41, 5.74) is 0. The van der Waals surface area contributed by atoms with Crippen LogP contribution in [0, 0.1) is 5.92 Å². The molecule has 1 N–H and O–H groups in total. The molecule has 2 atom stereocenters. The molecule has 3 aliphatic rings. The van der Waals surface area contributed by atoms with E-state index in [2.05, 4.69) is 19.7 Å². The van der Waals surface area contributed by atoms with Gasteiger partial charge in [0.15, 0.2) is 5.82 Å². The van der Waals surface area contributed by atoms with Crippen LogP contribution in [0.15, 0.2) is 0 Å². The molecule has 0 spiro atoms. The third kappa shape index (κ3) is 2.84. The summed E-state index contributed by atoms with van der Waals surface area (Å²) in [4.78, 5) is 16.9. The standard InChI is InChI=1S/C17H27N5O2/c1-20-11-13(23)10-14(20)16-19-18-15-6-7-21(8-9-22(15)16)17(24)12-4-2-3-5-12/h12-14,23H,2-11H2,1H3/t13-,14+/m1/s1. The third-order valence-corrected chi connectivity index (χ3v) is 5.90. The van der Waals surface area contributed by atoms with Crippen LogP contribution < -0.4 is 0 Å². The lowest BCUT2D eigenvalue weighted by atomic mass is 10.1. The van der Waals surface area contributed by atoms with Crippen LogP contribution in [0.25, 0.3) is 0 Å². The topological polar surface area (TPSA) is 74.5 Å². The molecule has 1 saturated carbocycles. The van der Waals surface area contributed by atoms with Gasteiger partial charge >= 0.3 is 0 Å². The number of aliphatic hydroxyl groups is 1. The number of rotatable bonds is 2. The van der Waals surface area contributed by atoms with Crippen LogP contribution in [0.2, 0.25) is 0 Å². The predicted octanol–water partition coefficient (Wildman–Crippen LogP) is 0.591. The summed E-state index contributed by atoms with van der Waals surface area (Å²) in [5.74, 6) is 2.49. The Balaban J connectivity index is 1.48. The Morgan fingerprint density at radius 3 is 2.67 bits per heavy atom. The molecular weight excluding hydrogens is 306 g/mol. The van der Waals surface area contributed by atoms with Crippen LogP contribution in [0.1, 0.15) is 49.8 Å². The molecule has 2 aliphatic heterocycles. The van der Waals surface area contributed by atoms with Gasteiger partial charge in [0, 0.05) is 38.5 Å². The molecule has 1 saturated heterocycles. The number of carbonyl (C=O) groups is 1. The smallest absolute Gasteiger partial charge is 0.225 e. The lowest BCUT2D eigenvalue weighted by Gasteiger charge is -2.24. The van der Waals surface area contributed by atoms with Crippen molar-refractivity contribution in [2.75, 3.05) is 26.7 Å². The summed E-state index contributed by atoms with van der Waals surface area (Å²) in [6.45, 7) is 2.93. The first-order valence-electron chi connectivity index (χ1n) is 9.22. The van der Waals surface area contributed by atoms with Crippen molar-refractivity contribution in [3.63, 3.8) is 0 Å². The van der Waals surface area contributed by atoms with Crippen molar-refractivity contribution in [3.05, 3.63) is 11.6 Å². The second-order valence-corrected chi connectivity index (χ2v) is 7.53. The maximum atomic E-state index is 12.7. The number of nitrogens with zero attached hydrogens (tertiary/aromatic N) is 5. The molecule has 1 amide bonds. The van der Waals surface area contributed by atoms with Crippen molar-refractivity contribution in [2.45, 2.75) is 57.2 Å². The average molecular weight is 333 g/mol. The number of aliphatic hydroxyl groups excluding tert-OH is 1. The predicted molar refractivity (Wildman–Crippen MR) is 88.3 cm³/mol. The van der Waals surface area contributed by atoms with Gasteiger partial charge in [0.1, 0.15) is 5.82 Å². The summed E-state index contributed by atoms with van der Waals surface area (Å²) in [5, 5.41) is 18.7. The Labute approximate surface area is 142 Å². The van der Waals surface area contributed by atoms with Gasteiger partial charge in [-0.2, -0.15) is 0 Å². The number of amides is 1. The second-order valence-electron chi connectivity index (χ2n) is 7.53. The van der Waals surface area contributed by atoms with E-state index in [0.29, 0.717) is 18.9 Å². The Hall–Kier alpha value is -1.47. The molecule has 0 aromatic carbocycles. The normalized spacial score (nSPS) is 29.0. The Morgan fingerprint density at radius 1 is 1.17 bits per heavy atom. The first-order valence-corrected chi connectivity index (χ1v) is 9.22. The minimum Gasteiger partial charge on any atom is -0.392 e. The molecule has 1 aromatic heterocycles. The zero-order valence-corrected chi connectivity index (χ0v) is 14.4. The maximum Gasteiger partial charge on any atom is 0.225 e.